The van der Waals surface area contributed by atoms with Crippen molar-refractivity contribution in [2.45, 2.75) is 31.4 Å². The van der Waals surface area contributed by atoms with Crippen molar-refractivity contribution in [1.29, 1.82) is 0 Å². The number of rotatable bonds is 6. The van der Waals surface area contributed by atoms with Crippen LogP contribution in [0.4, 0.5) is 0 Å². The van der Waals surface area contributed by atoms with Crippen LogP contribution in [0.5, 0.6) is 17.6 Å². The molecule has 7 nitrogen and oxygen atoms in total. The second-order valence-corrected chi connectivity index (χ2v) is 8.01. The van der Waals surface area contributed by atoms with Crippen LogP contribution in [0.1, 0.15) is 30.4 Å². The van der Waals surface area contributed by atoms with E-state index in [1.807, 2.05) is 12.1 Å². The third-order valence-corrected chi connectivity index (χ3v) is 6.38. The largest absolute Gasteiger partial charge is 0.497 e. The van der Waals surface area contributed by atoms with E-state index in [4.69, 9.17) is 14.2 Å². The molecule has 156 valence electrons. The number of aromatic nitrogens is 2. The Bertz CT molecular complexity index is 862. The van der Waals surface area contributed by atoms with Gasteiger partial charge in [-0.05, 0) is 42.9 Å². The first-order valence-electron chi connectivity index (χ1n) is 10.1. The molecule has 1 aromatic carbocycles. The summed E-state index contributed by atoms with van der Waals surface area (Å²) in [5.41, 5.74) is 0.888. The molecular formula is C22H29N3O4. The minimum Gasteiger partial charge on any atom is -0.497 e. The first-order chi connectivity index (χ1) is 14.1. The summed E-state index contributed by atoms with van der Waals surface area (Å²) < 4.78 is 16.0. The number of fused-ring (bicyclic) bond motifs is 1. The van der Waals surface area contributed by atoms with Gasteiger partial charge in [-0.1, -0.05) is 12.1 Å². The lowest BCUT2D eigenvalue weighted by Crippen LogP contribution is -2.43. The highest BCUT2D eigenvalue weighted by molar-refractivity contribution is 5.34. The highest BCUT2D eigenvalue weighted by atomic mass is 16.5. The van der Waals surface area contributed by atoms with E-state index in [2.05, 4.69) is 27.0 Å². The van der Waals surface area contributed by atoms with Gasteiger partial charge in [0.2, 0.25) is 5.88 Å². The summed E-state index contributed by atoms with van der Waals surface area (Å²) in [6.45, 7) is 2.65. The maximum Gasteiger partial charge on any atom is 0.319 e. The molecule has 29 heavy (non-hydrogen) atoms. The highest BCUT2D eigenvalue weighted by Crippen LogP contribution is 2.50. The first kappa shape index (κ1) is 19.9. The molecule has 1 saturated heterocycles. The Morgan fingerprint density at radius 3 is 2.79 bits per heavy atom. The fourth-order valence-corrected chi connectivity index (χ4v) is 5.01. The van der Waals surface area contributed by atoms with Crippen LogP contribution in [0.3, 0.4) is 0 Å². The SMILES string of the molecule is COc1cccc(CN2CC3CCCC(O)(c4cnc(OC)nc4OC)C3C2)c1. The van der Waals surface area contributed by atoms with Gasteiger partial charge in [0.25, 0.3) is 0 Å². The Morgan fingerprint density at radius 1 is 1.17 bits per heavy atom. The number of aliphatic hydroxyl groups is 1. The van der Waals surface area contributed by atoms with E-state index < -0.39 is 5.60 Å². The Hall–Kier alpha value is -2.38. The Morgan fingerprint density at radius 2 is 2.03 bits per heavy atom. The minimum atomic E-state index is -0.996. The van der Waals surface area contributed by atoms with Crippen molar-refractivity contribution in [3.05, 3.63) is 41.6 Å². The van der Waals surface area contributed by atoms with Gasteiger partial charge in [0.1, 0.15) is 11.4 Å². The van der Waals surface area contributed by atoms with Crippen LogP contribution in [0, 0.1) is 11.8 Å². The molecule has 0 spiro atoms. The second-order valence-electron chi connectivity index (χ2n) is 8.01. The molecule has 1 aliphatic heterocycles. The average molecular weight is 399 g/mol. The molecule has 2 fully saturated rings. The Labute approximate surface area is 171 Å². The number of hydrogen-bond donors (Lipinski definition) is 1. The summed E-state index contributed by atoms with van der Waals surface area (Å²) in [6, 6.07) is 8.42. The van der Waals surface area contributed by atoms with Gasteiger partial charge in [-0.15, -0.1) is 0 Å². The van der Waals surface area contributed by atoms with Crippen molar-refractivity contribution in [2.75, 3.05) is 34.4 Å². The summed E-state index contributed by atoms with van der Waals surface area (Å²) in [6.07, 6.45) is 4.45. The van der Waals surface area contributed by atoms with Gasteiger partial charge in [0.05, 0.1) is 26.9 Å². The fourth-order valence-electron chi connectivity index (χ4n) is 5.01. The summed E-state index contributed by atoms with van der Waals surface area (Å²) in [4.78, 5) is 11.0. The van der Waals surface area contributed by atoms with Gasteiger partial charge in [-0.3, -0.25) is 4.90 Å². The summed E-state index contributed by atoms with van der Waals surface area (Å²) >= 11 is 0. The van der Waals surface area contributed by atoms with E-state index in [-0.39, 0.29) is 11.9 Å². The van der Waals surface area contributed by atoms with E-state index in [0.717, 1.165) is 38.2 Å². The van der Waals surface area contributed by atoms with Crippen molar-refractivity contribution < 1.29 is 19.3 Å². The average Bonchev–Trinajstić information content (AvgIpc) is 3.17. The lowest BCUT2D eigenvalue weighted by Gasteiger charge is -2.41. The number of benzene rings is 1. The minimum absolute atomic E-state index is 0.118. The van der Waals surface area contributed by atoms with Gasteiger partial charge < -0.3 is 19.3 Å². The third kappa shape index (κ3) is 3.76. The van der Waals surface area contributed by atoms with Crippen molar-refractivity contribution in [3.8, 4) is 17.6 Å². The molecule has 2 aliphatic rings. The zero-order valence-electron chi connectivity index (χ0n) is 17.3. The predicted molar refractivity (Wildman–Crippen MR) is 108 cm³/mol. The van der Waals surface area contributed by atoms with Gasteiger partial charge in [-0.2, -0.15) is 4.98 Å². The van der Waals surface area contributed by atoms with Crippen molar-refractivity contribution in [3.63, 3.8) is 0 Å². The van der Waals surface area contributed by atoms with E-state index in [0.29, 0.717) is 23.8 Å². The first-order valence-corrected chi connectivity index (χ1v) is 10.1. The summed E-state index contributed by atoms with van der Waals surface area (Å²) in [5, 5.41) is 11.8. The predicted octanol–water partition coefficient (Wildman–Crippen LogP) is 2.62. The molecule has 7 heteroatoms. The molecule has 1 aromatic heterocycles. The number of methoxy groups -OCH3 is 3. The zero-order valence-corrected chi connectivity index (χ0v) is 17.3. The maximum absolute atomic E-state index is 11.8. The lowest BCUT2D eigenvalue weighted by atomic mass is 9.68. The Kier molecular flexibility index (Phi) is 5.61. The standard InChI is InChI=1S/C22H29N3O4/c1-27-17-8-4-6-15(10-17)12-25-13-16-7-5-9-22(26,19(16)14-25)18-11-23-21(29-3)24-20(18)28-2/h4,6,8,10-11,16,19,26H,5,7,9,12-14H2,1-3H3. The van der Waals surface area contributed by atoms with Crippen molar-refractivity contribution in [1.82, 2.24) is 14.9 Å². The van der Waals surface area contributed by atoms with Crippen LogP contribution in [-0.4, -0.2) is 54.4 Å². The highest BCUT2D eigenvalue weighted by Gasteiger charge is 2.51. The van der Waals surface area contributed by atoms with E-state index in [9.17, 15) is 5.11 Å². The molecular weight excluding hydrogens is 370 g/mol. The van der Waals surface area contributed by atoms with Crippen LogP contribution >= 0.6 is 0 Å². The molecule has 3 unspecified atom stereocenters. The van der Waals surface area contributed by atoms with Gasteiger partial charge in [0, 0.05) is 31.7 Å². The molecule has 4 rings (SSSR count). The van der Waals surface area contributed by atoms with E-state index in [1.54, 1.807) is 20.4 Å². The molecule has 1 saturated carbocycles. The fraction of sp³-hybridized carbons (Fsp3) is 0.545. The maximum atomic E-state index is 11.8. The smallest absolute Gasteiger partial charge is 0.319 e. The quantitative estimate of drug-likeness (QED) is 0.800. The Balaban J connectivity index is 1.58. The topological polar surface area (TPSA) is 76.9 Å². The molecule has 3 atom stereocenters. The molecule has 1 N–H and O–H groups in total. The van der Waals surface area contributed by atoms with Gasteiger partial charge in [-0.25, -0.2) is 4.98 Å². The summed E-state index contributed by atoms with van der Waals surface area (Å²) in [7, 11) is 4.78. The lowest BCUT2D eigenvalue weighted by molar-refractivity contribution is -0.0669. The molecule has 2 aromatic rings. The molecule has 1 aliphatic carbocycles. The van der Waals surface area contributed by atoms with Gasteiger partial charge in [0.15, 0.2) is 0 Å². The van der Waals surface area contributed by atoms with Crippen LogP contribution in [0.25, 0.3) is 0 Å². The summed E-state index contributed by atoms with van der Waals surface area (Å²) in [5.74, 6) is 1.82. The number of likely N-dealkylation sites (tertiary alicyclic amines) is 1. The van der Waals surface area contributed by atoms with Crippen LogP contribution in [-0.2, 0) is 12.1 Å². The van der Waals surface area contributed by atoms with E-state index in [1.165, 1.54) is 12.7 Å². The number of hydrogen-bond acceptors (Lipinski definition) is 7. The molecule has 0 radical (unpaired) electrons. The van der Waals surface area contributed by atoms with Crippen molar-refractivity contribution >= 4 is 0 Å². The van der Waals surface area contributed by atoms with Gasteiger partial charge >= 0.3 is 6.01 Å². The molecule has 0 bridgehead atoms. The number of ether oxygens (including phenoxy) is 3. The van der Waals surface area contributed by atoms with Crippen molar-refractivity contribution in [2.24, 2.45) is 11.8 Å². The van der Waals surface area contributed by atoms with E-state index >= 15 is 0 Å². The third-order valence-electron chi connectivity index (χ3n) is 6.38. The molecule has 2 heterocycles. The second kappa shape index (κ2) is 8.16. The molecule has 0 amide bonds. The monoisotopic (exact) mass is 399 g/mol. The normalized spacial score (nSPS) is 26.8. The van der Waals surface area contributed by atoms with Crippen LogP contribution in [0.15, 0.2) is 30.5 Å². The van der Waals surface area contributed by atoms with Crippen LogP contribution in [0.2, 0.25) is 0 Å². The number of nitrogens with zero attached hydrogens (tertiary/aromatic N) is 3. The zero-order chi connectivity index (χ0) is 20.4. The van der Waals surface area contributed by atoms with Crippen LogP contribution < -0.4 is 14.2 Å².